The number of likely N-dealkylation sites (tertiary alicyclic amines) is 1. The quantitative estimate of drug-likeness (QED) is 0.491. The van der Waals surface area contributed by atoms with Crippen LogP contribution in [0.5, 0.6) is 0 Å². The summed E-state index contributed by atoms with van der Waals surface area (Å²) in [7, 11) is -4.68. The summed E-state index contributed by atoms with van der Waals surface area (Å²) in [5.41, 5.74) is 11.3. The molecule has 2 heterocycles. The third kappa shape index (κ3) is 3.78. The Labute approximate surface area is 110 Å². The van der Waals surface area contributed by atoms with Gasteiger partial charge in [0, 0.05) is 13.1 Å². The lowest BCUT2D eigenvalue weighted by Crippen LogP contribution is -2.51. The fraction of sp³-hybridized carbons (Fsp3) is 0.625. The van der Waals surface area contributed by atoms with Gasteiger partial charge in [0.15, 0.2) is 0 Å². The molecule has 0 bridgehead atoms. The van der Waals surface area contributed by atoms with Crippen molar-refractivity contribution in [1.29, 1.82) is 0 Å². The van der Waals surface area contributed by atoms with Crippen LogP contribution in [0.25, 0.3) is 0 Å². The molecule has 0 aromatic rings. The molecule has 1 fully saturated rings. The molecule has 1 unspecified atom stereocenters. The molecule has 2 aliphatic heterocycles. The molecule has 2 aliphatic rings. The van der Waals surface area contributed by atoms with Gasteiger partial charge in [0.1, 0.15) is 12.0 Å². The summed E-state index contributed by atoms with van der Waals surface area (Å²) in [4.78, 5) is 6.00. The molecular formula is C8H17N5O5S. The first-order valence-corrected chi connectivity index (χ1v) is 6.76. The Morgan fingerprint density at radius 1 is 1.42 bits per heavy atom. The highest BCUT2D eigenvalue weighted by molar-refractivity contribution is 7.80. The van der Waals surface area contributed by atoms with Crippen molar-refractivity contribution in [1.82, 2.24) is 9.96 Å². The molecule has 0 saturated carbocycles. The maximum Gasteiger partial charge on any atom is 0.418 e. The summed E-state index contributed by atoms with van der Waals surface area (Å²) in [5, 5.41) is 0.634. The molecular weight excluding hydrogens is 278 g/mol. The first kappa shape index (κ1) is 15.7. The van der Waals surface area contributed by atoms with E-state index in [1.54, 1.807) is 0 Å². The van der Waals surface area contributed by atoms with Crippen molar-refractivity contribution in [2.75, 3.05) is 13.1 Å². The number of hydrogen-bond donors (Lipinski definition) is 3. The number of aliphatic imine (C=N–C) groups is 1. The van der Waals surface area contributed by atoms with E-state index in [2.05, 4.69) is 9.28 Å². The molecule has 1 atom stereocenters. The summed E-state index contributed by atoms with van der Waals surface area (Å²) in [6.45, 7) is 1.71. The lowest BCUT2D eigenvalue weighted by molar-refractivity contribution is -0.0131. The van der Waals surface area contributed by atoms with E-state index in [0.717, 1.165) is 25.9 Å². The van der Waals surface area contributed by atoms with Gasteiger partial charge >= 0.3 is 10.4 Å². The summed E-state index contributed by atoms with van der Waals surface area (Å²) in [6.07, 6.45) is 2.72. The Balaban J connectivity index is 0.00000180. The molecule has 1 saturated heterocycles. The molecule has 110 valence electrons. The lowest BCUT2D eigenvalue weighted by atomic mass is 10.4. The van der Waals surface area contributed by atoms with Crippen molar-refractivity contribution in [2.45, 2.75) is 19.0 Å². The number of guanidine groups is 1. The van der Waals surface area contributed by atoms with Gasteiger partial charge in [-0.1, -0.05) is 0 Å². The third-order valence-corrected chi connectivity index (χ3v) is 3.00. The molecule has 2 rings (SSSR count). The lowest BCUT2D eigenvalue weighted by Gasteiger charge is -2.30. The Hall–Kier alpha value is -1.40. The normalized spacial score (nSPS) is 23.8. The van der Waals surface area contributed by atoms with E-state index in [1.165, 1.54) is 6.08 Å². The molecule has 19 heavy (non-hydrogen) atoms. The topological polar surface area (TPSA) is 166 Å². The summed E-state index contributed by atoms with van der Waals surface area (Å²) < 4.78 is 34.1. The molecule has 0 aliphatic carbocycles. The van der Waals surface area contributed by atoms with Gasteiger partial charge in [-0.05, 0) is 18.9 Å². The van der Waals surface area contributed by atoms with Crippen LogP contribution in [0.2, 0.25) is 0 Å². The van der Waals surface area contributed by atoms with E-state index in [9.17, 15) is 8.42 Å². The standard InChI is InChI=1S/C8H15N5O4S.H2O/c9-6-5-7(12-3-1-2-4-12)11-8(10)13(6)17-18(14,15)16;/h5-6H,1-4,9H2,(H2,10,11)(H,14,15,16);1H2. The highest BCUT2D eigenvalue weighted by Gasteiger charge is 2.28. The minimum absolute atomic E-state index is 0. The van der Waals surface area contributed by atoms with Crippen LogP contribution in [-0.4, -0.2) is 53.6 Å². The van der Waals surface area contributed by atoms with Crippen molar-refractivity contribution in [3.8, 4) is 0 Å². The number of nitrogens with zero attached hydrogens (tertiary/aromatic N) is 3. The predicted octanol–water partition coefficient (Wildman–Crippen LogP) is -2.25. The smallest absolute Gasteiger partial charge is 0.412 e. The Bertz CT molecular complexity index is 484. The van der Waals surface area contributed by atoms with Gasteiger partial charge in [0.25, 0.3) is 0 Å². The van der Waals surface area contributed by atoms with Crippen molar-refractivity contribution in [2.24, 2.45) is 16.5 Å². The molecule has 0 aromatic carbocycles. The average molecular weight is 295 g/mol. The van der Waals surface area contributed by atoms with Crippen LogP contribution in [0.1, 0.15) is 12.8 Å². The van der Waals surface area contributed by atoms with Gasteiger partial charge in [-0.15, -0.1) is 4.28 Å². The summed E-state index contributed by atoms with van der Waals surface area (Å²) >= 11 is 0. The molecule has 10 nitrogen and oxygen atoms in total. The van der Waals surface area contributed by atoms with Crippen molar-refractivity contribution >= 4 is 16.4 Å². The summed E-state index contributed by atoms with van der Waals surface area (Å²) in [5.74, 6) is 0.372. The van der Waals surface area contributed by atoms with Crippen LogP contribution >= 0.6 is 0 Å². The van der Waals surface area contributed by atoms with Gasteiger partial charge in [0.2, 0.25) is 5.96 Å². The van der Waals surface area contributed by atoms with Crippen LogP contribution in [0, 0.1) is 0 Å². The van der Waals surface area contributed by atoms with E-state index in [1.807, 2.05) is 4.90 Å². The SMILES string of the molecule is NC1=NC(N2CCCC2)=CC(N)N1OS(=O)(=O)O.O. The van der Waals surface area contributed by atoms with E-state index in [4.69, 9.17) is 16.0 Å². The molecule has 0 radical (unpaired) electrons. The minimum atomic E-state index is -4.68. The van der Waals surface area contributed by atoms with E-state index in [-0.39, 0.29) is 11.4 Å². The van der Waals surface area contributed by atoms with Crippen molar-refractivity contribution in [3.05, 3.63) is 11.9 Å². The van der Waals surface area contributed by atoms with Crippen LogP contribution in [-0.2, 0) is 14.7 Å². The minimum Gasteiger partial charge on any atom is -0.412 e. The fourth-order valence-electron chi connectivity index (χ4n) is 1.89. The Kier molecular flexibility index (Phi) is 4.70. The van der Waals surface area contributed by atoms with Crippen LogP contribution in [0.4, 0.5) is 0 Å². The Morgan fingerprint density at radius 2 is 2.00 bits per heavy atom. The number of hydroxylamine groups is 2. The first-order valence-electron chi connectivity index (χ1n) is 5.39. The molecule has 0 amide bonds. The van der Waals surface area contributed by atoms with Gasteiger partial charge < -0.3 is 21.8 Å². The molecule has 0 aromatic heterocycles. The number of rotatable bonds is 3. The van der Waals surface area contributed by atoms with E-state index < -0.39 is 16.6 Å². The molecule has 7 N–H and O–H groups in total. The third-order valence-electron chi connectivity index (χ3n) is 2.65. The highest BCUT2D eigenvalue weighted by atomic mass is 32.3. The van der Waals surface area contributed by atoms with Crippen molar-refractivity contribution < 1.29 is 22.7 Å². The second kappa shape index (κ2) is 5.71. The number of hydrogen-bond acceptors (Lipinski definition) is 8. The van der Waals surface area contributed by atoms with Gasteiger partial charge in [-0.2, -0.15) is 18.5 Å². The molecule has 11 heteroatoms. The van der Waals surface area contributed by atoms with Crippen LogP contribution < -0.4 is 11.5 Å². The van der Waals surface area contributed by atoms with E-state index >= 15 is 0 Å². The maximum atomic E-state index is 10.6. The summed E-state index contributed by atoms with van der Waals surface area (Å²) in [6, 6.07) is 0. The van der Waals surface area contributed by atoms with Gasteiger partial charge in [0.05, 0.1) is 0 Å². The first-order chi connectivity index (χ1) is 8.37. The Morgan fingerprint density at radius 3 is 2.47 bits per heavy atom. The van der Waals surface area contributed by atoms with Gasteiger partial charge in [-0.3, -0.25) is 4.55 Å². The fourth-order valence-corrected chi connectivity index (χ4v) is 2.27. The largest absolute Gasteiger partial charge is 0.418 e. The van der Waals surface area contributed by atoms with Crippen molar-refractivity contribution in [3.63, 3.8) is 0 Å². The average Bonchev–Trinajstić information content (AvgIpc) is 2.75. The highest BCUT2D eigenvalue weighted by Crippen LogP contribution is 2.20. The van der Waals surface area contributed by atoms with Gasteiger partial charge in [-0.25, -0.2) is 0 Å². The van der Waals surface area contributed by atoms with Crippen LogP contribution in [0.15, 0.2) is 16.9 Å². The van der Waals surface area contributed by atoms with Crippen LogP contribution in [0.3, 0.4) is 0 Å². The van der Waals surface area contributed by atoms with E-state index in [0.29, 0.717) is 10.9 Å². The number of nitrogens with two attached hydrogens (primary N) is 2. The zero-order valence-electron chi connectivity index (χ0n) is 10.1. The predicted molar refractivity (Wildman–Crippen MR) is 66.6 cm³/mol. The second-order valence-electron chi connectivity index (χ2n) is 4.01. The maximum absolute atomic E-state index is 10.6. The molecule has 0 spiro atoms. The zero-order chi connectivity index (χ0) is 13.3. The zero-order valence-corrected chi connectivity index (χ0v) is 10.9. The monoisotopic (exact) mass is 295 g/mol. The second-order valence-corrected chi connectivity index (χ2v) is 5.01.